The van der Waals surface area contributed by atoms with Crippen molar-refractivity contribution in [3.05, 3.63) is 35.4 Å². The molecule has 1 aromatic carbocycles. The van der Waals surface area contributed by atoms with E-state index in [0.717, 1.165) is 5.01 Å². The second-order valence-corrected chi connectivity index (χ2v) is 4.65. The number of imide groups is 1. The van der Waals surface area contributed by atoms with Crippen LogP contribution >= 0.6 is 0 Å². The predicted octanol–water partition coefficient (Wildman–Crippen LogP) is 1.84. The van der Waals surface area contributed by atoms with E-state index >= 15 is 0 Å². The van der Waals surface area contributed by atoms with Crippen molar-refractivity contribution >= 4 is 17.7 Å². The van der Waals surface area contributed by atoms with Gasteiger partial charge in [-0.1, -0.05) is 19.1 Å². The largest absolute Gasteiger partial charge is 0.280 e. The van der Waals surface area contributed by atoms with Gasteiger partial charge in [0.05, 0.1) is 11.1 Å². The van der Waals surface area contributed by atoms with Gasteiger partial charge in [-0.25, -0.2) is 5.01 Å². The molecule has 0 aliphatic carbocycles. The van der Waals surface area contributed by atoms with Gasteiger partial charge in [0.1, 0.15) is 0 Å². The molecular weight excluding hydrogens is 244 g/mol. The van der Waals surface area contributed by atoms with Crippen molar-refractivity contribution in [2.24, 2.45) is 0 Å². The summed E-state index contributed by atoms with van der Waals surface area (Å²) in [5.41, 5.74) is 0.698. The molecule has 0 aromatic heterocycles. The van der Waals surface area contributed by atoms with Crippen LogP contribution in [0.3, 0.4) is 0 Å². The highest BCUT2D eigenvalue weighted by Gasteiger charge is 2.41. The zero-order chi connectivity index (χ0) is 14.2. The summed E-state index contributed by atoms with van der Waals surface area (Å²) >= 11 is 0. The summed E-state index contributed by atoms with van der Waals surface area (Å²) in [6.07, 6.45) is 0.242. The second-order valence-electron chi connectivity index (χ2n) is 4.65. The lowest BCUT2D eigenvalue weighted by atomic mass is 10.1. The van der Waals surface area contributed by atoms with Crippen LogP contribution in [0.2, 0.25) is 0 Å². The van der Waals surface area contributed by atoms with Crippen LogP contribution in [0.25, 0.3) is 0 Å². The van der Waals surface area contributed by atoms with Crippen molar-refractivity contribution < 1.29 is 14.4 Å². The SMILES string of the molecule is CCC(=O)N(C(C)C)N1C(=O)c2ccccc2C1=O. The van der Waals surface area contributed by atoms with Crippen molar-refractivity contribution in [2.45, 2.75) is 33.2 Å². The van der Waals surface area contributed by atoms with Gasteiger partial charge in [-0.15, -0.1) is 0 Å². The van der Waals surface area contributed by atoms with Crippen molar-refractivity contribution in [1.29, 1.82) is 0 Å². The molecule has 1 aliphatic rings. The third-order valence-electron chi connectivity index (χ3n) is 3.04. The highest BCUT2D eigenvalue weighted by molar-refractivity contribution is 6.21. The van der Waals surface area contributed by atoms with Crippen LogP contribution < -0.4 is 0 Å². The van der Waals surface area contributed by atoms with Crippen molar-refractivity contribution in [1.82, 2.24) is 10.0 Å². The highest BCUT2D eigenvalue weighted by Crippen LogP contribution is 2.25. The molecule has 5 nitrogen and oxygen atoms in total. The van der Waals surface area contributed by atoms with Crippen molar-refractivity contribution in [3.8, 4) is 0 Å². The molecule has 0 N–H and O–H groups in total. The Morgan fingerprint density at radius 2 is 1.63 bits per heavy atom. The van der Waals surface area contributed by atoms with E-state index in [-0.39, 0.29) is 18.4 Å². The molecule has 0 atom stereocenters. The average molecular weight is 260 g/mol. The van der Waals surface area contributed by atoms with Crippen LogP contribution in [0, 0.1) is 0 Å². The maximum atomic E-state index is 12.3. The first-order valence-corrected chi connectivity index (χ1v) is 6.28. The first-order chi connectivity index (χ1) is 8.99. The number of carbonyl (C=O) groups is 3. The van der Waals surface area contributed by atoms with Gasteiger partial charge in [-0.2, -0.15) is 5.01 Å². The first kappa shape index (κ1) is 13.3. The van der Waals surface area contributed by atoms with Gasteiger partial charge in [-0.3, -0.25) is 14.4 Å². The van der Waals surface area contributed by atoms with Gasteiger partial charge in [0.2, 0.25) is 5.91 Å². The minimum atomic E-state index is -0.434. The van der Waals surface area contributed by atoms with E-state index in [1.165, 1.54) is 5.01 Å². The number of benzene rings is 1. The number of carbonyl (C=O) groups excluding carboxylic acids is 3. The summed E-state index contributed by atoms with van der Waals surface area (Å²) in [5, 5.41) is 2.20. The van der Waals surface area contributed by atoms with E-state index in [0.29, 0.717) is 11.1 Å². The third kappa shape index (κ3) is 2.01. The molecule has 1 aromatic rings. The van der Waals surface area contributed by atoms with E-state index in [2.05, 4.69) is 0 Å². The summed E-state index contributed by atoms with van der Waals surface area (Å²) in [6, 6.07) is 6.35. The fourth-order valence-electron chi connectivity index (χ4n) is 2.16. The lowest BCUT2D eigenvalue weighted by Gasteiger charge is -2.33. The van der Waals surface area contributed by atoms with Gasteiger partial charge in [-0.05, 0) is 26.0 Å². The molecule has 19 heavy (non-hydrogen) atoms. The van der Waals surface area contributed by atoms with Crippen LogP contribution in [0.4, 0.5) is 0 Å². The van der Waals surface area contributed by atoms with E-state index < -0.39 is 11.8 Å². The van der Waals surface area contributed by atoms with E-state index in [1.54, 1.807) is 45.0 Å². The van der Waals surface area contributed by atoms with Gasteiger partial charge < -0.3 is 0 Å². The number of hydrazine groups is 1. The van der Waals surface area contributed by atoms with Crippen LogP contribution in [0.15, 0.2) is 24.3 Å². The molecule has 100 valence electrons. The Morgan fingerprint density at radius 1 is 1.16 bits per heavy atom. The van der Waals surface area contributed by atoms with Crippen LogP contribution in [0.1, 0.15) is 47.9 Å². The average Bonchev–Trinajstić information content (AvgIpc) is 2.64. The molecule has 1 aliphatic heterocycles. The zero-order valence-electron chi connectivity index (χ0n) is 11.2. The smallest absolute Gasteiger partial charge is 0.273 e. The number of hydrogen-bond donors (Lipinski definition) is 0. The van der Waals surface area contributed by atoms with Gasteiger partial charge in [0.25, 0.3) is 11.8 Å². The highest BCUT2D eigenvalue weighted by atomic mass is 16.2. The number of fused-ring (bicyclic) bond motifs is 1. The Bertz CT molecular complexity index is 516. The Hall–Kier alpha value is -2.17. The number of amides is 3. The summed E-state index contributed by atoms with van der Waals surface area (Å²) in [5.74, 6) is -1.11. The Kier molecular flexibility index (Phi) is 3.38. The zero-order valence-corrected chi connectivity index (χ0v) is 11.2. The second kappa shape index (κ2) is 4.84. The molecule has 2 rings (SSSR count). The Labute approximate surface area is 111 Å². The van der Waals surface area contributed by atoms with E-state index in [1.807, 2.05) is 0 Å². The standard InChI is InChI=1S/C14H16N2O3/c1-4-12(17)15(9(2)3)16-13(18)10-7-5-6-8-11(10)14(16)19/h5-9H,4H2,1-3H3. The summed E-state index contributed by atoms with van der Waals surface area (Å²) in [6.45, 7) is 5.25. The third-order valence-corrected chi connectivity index (χ3v) is 3.04. The van der Waals surface area contributed by atoms with Crippen LogP contribution in [-0.2, 0) is 4.79 Å². The lowest BCUT2D eigenvalue weighted by Crippen LogP contribution is -2.52. The molecule has 0 saturated heterocycles. The molecule has 0 saturated carbocycles. The maximum Gasteiger partial charge on any atom is 0.280 e. The topological polar surface area (TPSA) is 57.7 Å². The summed E-state index contributed by atoms with van der Waals surface area (Å²) < 4.78 is 0. The number of rotatable bonds is 3. The molecule has 0 radical (unpaired) electrons. The molecule has 0 spiro atoms. The molecule has 1 heterocycles. The Balaban J connectivity index is 2.45. The van der Waals surface area contributed by atoms with Crippen molar-refractivity contribution in [3.63, 3.8) is 0 Å². The quantitative estimate of drug-likeness (QED) is 0.779. The summed E-state index contributed by atoms with van der Waals surface area (Å²) in [7, 11) is 0. The summed E-state index contributed by atoms with van der Waals surface area (Å²) in [4.78, 5) is 36.5. The van der Waals surface area contributed by atoms with Crippen LogP contribution in [-0.4, -0.2) is 33.8 Å². The monoisotopic (exact) mass is 260 g/mol. The molecule has 5 heteroatoms. The number of hydrogen-bond acceptors (Lipinski definition) is 3. The lowest BCUT2D eigenvalue weighted by molar-refractivity contribution is -0.144. The Morgan fingerprint density at radius 3 is 2.00 bits per heavy atom. The van der Waals surface area contributed by atoms with E-state index in [4.69, 9.17) is 0 Å². The number of nitrogens with zero attached hydrogens (tertiary/aromatic N) is 2. The first-order valence-electron chi connectivity index (χ1n) is 6.28. The fourth-order valence-corrected chi connectivity index (χ4v) is 2.16. The van der Waals surface area contributed by atoms with Gasteiger partial charge >= 0.3 is 0 Å². The molecule has 0 bridgehead atoms. The fraction of sp³-hybridized carbons (Fsp3) is 0.357. The van der Waals surface area contributed by atoms with E-state index in [9.17, 15) is 14.4 Å². The molecule has 0 unspecified atom stereocenters. The maximum absolute atomic E-state index is 12.3. The molecular formula is C14H16N2O3. The van der Waals surface area contributed by atoms with Gasteiger partial charge in [0.15, 0.2) is 0 Å². The molecule has 0 fully saturated rings. The van der Waals surface area contributed by atoms with Crippen molar-refractivity contribution in [2.75, 3.05) is 0 Å². The normalized spacial score (nSPS) is 14.0. The molecule has 3 amide bonds. The predicted molar refractivity (Wildman–Crippen MR) is 69.2 cm³/mol. The van der Waals surface area contributed by atoms with Crippen LogP contribution in [0.5, 0.6) is 0 Å². The van der Waals surface area contributed by atoms with Gasteiger partial charge in [0, 0.05) is 12.5 Å². The minimum absolute atomic E-state index is 0.242. The minimum Gasteiger partial charge on any atom is -0.273 e.